The Morgan fingerprint density at radius 3 is 2.00 bits per heavy atom. The fourth-order valence-corrected chi connectivity index (χ4v) is 6.11. The molecule has 3 fully saturated rings. The Morgan fingerprint density at radius 1 is 0.792 bits per heavy atom. The minimum atomic E-state index is 0. The van der Waals surface area contributed by atoms with Gasteiger partial charge in [0.05, 0.1) is 0 Å². The zero-order valence-electron chi connectivity index (χ0n) is 15.3. The van der Waals surface area contributed by atoms with Crippen molar-refractivity contribution in [3.05, 3.63) is 0 Å². The van der Waals surface area contributed by atoms with E-state index in [1.807, 2.05) is 6.92 Å². The summed E-state index contributed by atoms with van der Waals surface area (Å²) in [7, 11) is 0. The van der Waals surface area contributed by atoms with E-state index in [4.69, 9.17) is 0 Å². The molecule has 2 unspecified atom stereocenters. The highest BCUT2D eigenvalue weighted by atomic mass is 16.2. The number of fused-ring (bicyclic) bond motifs is 2. The second-order valence-electron chi connectivity index (χ2n) is 8.61. The molecule has 24 heavy (non-hydrogen) atoms. The molecule has 0 aromatic rings. The summed E-state index contributed by atoms with van der Waals surface area (Å²) in [5, 5.41) is 0. The molecule has 0 radical (unpaired) electrons. The summed E-state index contributed by atoms with van der Waals surface area (Å²) in [6, 6.07) is 0.553. The summed E-state index contributed by atoms with van der Waals surface area (Å²) in [4.78, 5) is 14.7. The Bertz CT molecular complexity index is 385. The number of carbonyl (C=O) groups is 1. The van der Waals surface area contributed by atoms with Crippen molar-refractivity contribution in [2.75, 3.05) is 6.54 Å². The molecule has 1 amide bonds. The third-order valence-corrected chi connectivity index (χ3v) is 7.24. The Kier molecular flexibility index (Phi) is 7.62. The molecule has 0 N–H and O–H groups in total. The highest BCUT2D eigenvalue weighted by Gasteiger charge is 2.45. The molecule has 1 aliphatic heterocycles. The van der Waals surface area contributed by atoms with Gasteiger partial charge in [-0.15, -0.1) is 0 Å². The summed E-state index contributed by atoms with van der Waals surface area (Å²) in [5.74, 6) is 1.13. The maximum absolute atomic E-state index is 12.4. The standard InChI is InChI=1S/C21H37NO.CH4/c1-18(23)22-17-11-4-2-3-8-14-21(15-9-5-10-16-21)19-12-6-7-13-20(19)22;/h19-20H,2-17H2,1H3;1H4. The minimum Gasteiger partial charge on any atom is -0.340 e. The van der Waals surface area contributed by atoms with Gasteiger partial charge in [0.15, 0.2) is 0 Å². The highest BCUT2D eigenvalue weighted by Crippen LogP contribution is 2.52. The molecule has 0 aromatic carbocycles. The summed E-state index contributed by atoms with van der Waals surface area (Å²) < 4.78 is 0. The van der Waals surface area contributed by atoms with E-state index in [1.54, 1.807) is 0 Å². The molecule has 2 saturated carbocycles. The van der Waals surface area contributed by atoms with Crippen molar-refractivity contribution < 1.29 is 4.79 Å². The van der Waals surface area contributed by atoms with Gasteiger partial charge in [-0.1, -0.05) is 65.2 Å². The van der Waals surface area contributed by atoms with Crippen LogP contribution in [0.15, 0.2) is 0 Å². The van der Waals surface area contributed by atoms with E-state index in [1.165, 1.54) is 96.3 Å². The molecule has 0 bridgehead atoms. The van der Waals surface area contributed by atoms with Crippen LogP contribution in [0.2, 0.25) is 0 Å². The van der Waals surface area contributed by atoms with Crippen molar-refractivity contribution in [3.8, 4) is 0 Å². The maximum atomic E-state index is 12.4. The van der Waals surface area contributed by atoms with Crippen LogP contribution in [0, 0.1) is 11.3 Å². The van der Waals surface area contributed by atoms with Gasteiger partial charge in [0, 0.05) is 19.5 Å². The monoisotopic (exact) mass is 335 g/mol. The predicted octanol–water partition coefficient (Wildman–Crippen LogP) is 6.33. The van der Waals surface area contributed by atoms with Gasteiger partial charge in [0.25, 0.3) is 0 Å². The number of hydrogen-bond donors (Lipinski definition) is 0. The minimum absolute atomic E-state index is 0. The van der Waals surface area contributed by atoms with Gasteiger partial charge in [-0.05, 0) is 49.9 Å². The molecule has 3 aliphatic rings. The van der Waals surface area contributed by atoms with Gasteiger partial charge in [-0.25, -0.2) is 0 Å². The van der Waals surface area contributed by atoms with E-state index in [0.29, 0.717) is 17.4 Å². The Morgan fingerprint density at radius 2 is 1.33 bits per heavy atom. The molecule has 2 aliphatic carbocycles. The zero-order valence-corrected chi connectivity index (χ0v) is 15.3. The maximum Gasteiger partial charge on any atom is 0.219 e. The van der Waals surface area contributed by atoms with Crippen LogP contribution in [0.1, 0.15) is 111 Å². The smallest absolute Gasteiger partial charge is 0.219 e. The second-order valence-corrected chi connectivity index (χ2v) is 8.61. The Hall–Kier alpha value is -0.530. The lowest BCUT2D eigenvalue weighted by molar-refractivity contribution is -0.135. The zero-order chi connectivity index (χ0) is 16.1. The van der Waals surface area contributed by atoms with E-state index >= 15 is 0 Å². The summed E-state index contributed by atoms with van der Waals surface area (Å²) >= 11 is 0. The fraction of sp³-hybridized carbons (Fsp3) is 0.955. The lowest BCUT2D eigenvalue weighted by Gasteiger charge is -2.52. The molecule has 140 valence electrons. The first-order chi connectivity index (χ1) is 11.2. The van der Waals surface area contributed by atoms with Crippen LogP contribution in [0.5, 0.6) is 0 Å². The Balaban J connectivity index is 0.00000208. The Labute approximate surface area is 150 Å². The van der Waals surface area contributed by atoms with Gasteiger partial charge >= 0.3 is 0 Å². The van der Waals surface area contributed by atoms with Gasteiger partial charge in [0.1, 0.15) is 0 Å². The third-order valence-electron chi connectivity index (χ3n) is 7.24. The summed E-state index contributed by atoms with van der Waals surface area (Å²) in [6.45, 7) is 2.84. The van der Waals surface area contributed by atoms with Crippen molar-refractivity contribution in [2.45, 2.75) is 117 Å². The van der Waals surface area contributed by atoms with E-state index < -0.39 is 0 Å². The number of hydrogen-bond acceptors (Lipinski definition) is 1. The second kappa shape index (κ2) is 9.25. The van der Waals surface area contributed by atoms with Crippen LogP contribution in [0.4, 0.5) is 0 Å². The topological polar surface area (TPSA) is 20.3 Å². The lowest BCUT2D eigenvalue weighted by atomic mass is 9.58. The third kappa shape index (κ3) is 4.35. The fourth-order valence-electron chi connectivity index (χ4n) is 6.11. The molecular formula is C22H41NO. The molecular weight excluding hydrogens is 294 g/mol. The predicted molar refractivity (Wildman–Crippen MR) is 103 cm³/mol. The number of rotatable bonds is 0. The van der Waals surface area contributed by atoms with Gasteiger partial charge in [-0.3, -0.25) is 4.79 Å². The molecule has 3 rings (SSSR count). The number of amides is 1. The molecule has 1 spiro atoms. The van der Waals surface area contributed by atoms with Crippen LogP contribution in [0.3, 0.4) is 0 Å². The van der Waals surface area contributed by atoms with Crippen molar-refractivity contribution in [1.82, 2.24) is 4.90 Å². The van der Waals surface area contributed by atoms with Gasteiger partial charge in [-0.2, -0.15) is 0 Å². The molecule has 0 aromatic heterocycles. The average molecular weight is 336 g/mol. The SMILES string of the molecule is C.CC(=O)N1CCCCCCCC2(CCCCC2)C2CCCCC21. The van der Waals surface area contributed by atoms with Crippen LogP contribution in [0.25, 0.3) is 0 Å². The lowest BCUT2D eigenvalue weighted by Crippen LogP contribution is -2.51. The summed E-state index contributed by atoms with van der Waals surface area (Å²) in [5.41, 5.74) is 0.571. The van der Waals surface area contributed by atoms with E-state index in [2.05, 4.69) is 4.90 Å². The normalized spacial score (nSPS) is 31.5. The van der Waals surface area contributed by atoms with Crippen molar-refractivity contribution in [2.24, 2.45) is 11.3 Å². The van der Waals surface area contributed by atoms with E-state index in [9.17, 15) is 4.79 Å². The summed E-state index contributed by atoms with van der Waals surface area (Å²) in [6.07, 6.45) is 20.8. The van der Waals surface area contributed by atoms with Crippen LogP contribution < -0.4 is 0 Å². The van der Waals surface area contributed by atoms with Crippen LogP contribution in [-0.4, -0.2) is 23.4 Å². The van der Waals surface area contributed by atoms with Gasteiger partial charge < -0.3 is 4.90 Å². The first-order valence-corrected chi connectivity index (χ1v) is 10.5. The first-order valence-electron chi connectivity index (χ1n) is 10.5. The van der Waals surface area contributed by atoms with Crippen LogP contribution in [-0.2, 0) is 4.79 Å². The van der Waals surface area contributed by atoms with Gasteiger partial charge in [0.2, 0.25) is 5.91 Å². The molecule has 2 heteroatoms. The van der Waals surface area contributed by atoms with Crippen molar-refractivity contribution >= 4 is 5.91 Å². The molecule has 1 saturated heterocycles. The van der Waals surface area contributed by atoms with Crippen LogP contribution >= 0.6 is 0 Å². The molecule has 2 nitrogen and oxygen atoms in total. The molecule has 1 heterocycles. The van der Waals surface area contributed by atoms with Crippen molar-refractivity contribution in [1.29, 1.82) is 0 Å². The number of carbonyl (C=O) groups excluding carboxylic acids is 1. The quantitative estimate of drug-likeness (QED) is 0.506. The first kappa shape index (κ1) is 19.8. The van der Waals surface area contributed by atoms with E-state index in [-0.39, 0.29) is 7.43 Å². The van der Waals surface area contributed by atoms with Crippen molar-refractivity contribution in [3.63, 3.8) is 0 Å². The average Bonchev–Trinajstić information content (AvgIpc) is 2.60. The highest BCUT2D eigenvalue weighted by molar-refractivity contribution is 5.73. The largest absolute Gasteiger partial charge is 0.340 e. The molecule has 2 atom stereocenters. The number of nitrogens with zero attached hydrogens (tertiary/aromatic N) is 1. The van der Waals surface area contributed by atoms with E-state index in [0.717, 1.165) is 12.5 Å².